The van der Waals surface area contributed by atoms with Crippen LogP contribution >= 0.6 is 34.7 Å². The third kappa shape index (κ3) is 3.14. The highest BCUT2D eigenvalue weighted by molar-refractivity contribution is 8.04. The average molecular weight is 400 g/mol. The van der Waals surface area contributed by atoms with Gasteiger partial charge in [0.1, 0.15) is 5.75 Å². The minimum Gasteiger partial charge on any atom is -0.507 e. The number of fused-ring (bicyclic) bond motifs is 1. The number of nitrogens with one attached hydrogen (secondary N) is 1. The molecule has 130 valence electrons. The minimum atomic E-state index is -0.0703. The summed E-state index contributed by atoms with van der Waals surface area (Å²) in [5.74, 6) is 0.00331. The molecule has 2 heterocycles. The van der Waals surface area contributed by atoms with Gasteiger partial charge in [-0.25, -0.2) is 0 Å². The van der Waals surface area contributed by atoms with E-state index in [1.807, 2.05) is 42.6 Å². The largest absolute Gasteiger partial charge is 0.507 e. The van der Waals surface area contributed by atoms with Gasteiger partial charge in [0.05, 0.1) is 21.2 Å². The van der Waals surface area contributed by atoms with Crippen molar-refractivity contribution in [3.05, 3.63) is 79.8 Å². The van der Waals surface area contributed by atoms with Crippen molar-refractivity contribution >= 4 is 51.9 Å². The van der Waals surface area contributed by atoms with Crippen molar-refractivity contribution in [3.8, 4) is 5.75 Å². The number of carbonyl (C=O) groups excluding carboxylic acids is 1. The SMILES string of the molecule is Cc1ccc2c(c1)SC(C(=O)c1cccs1)=C(c1cc(Cl)ccc1O)N2. The lowest BCUT2D eigenvalue weighted by molar-refractivity contribution is 0.104. The molecule has 0 fully saturated rings. The van der Waals surface area contributed by atoms with Gasteiger partial charge in [-0.15, -0.1) is 11.3 Å². The number of phenolic OH excluding ortho intramolecular Hbond substituents is 1. The Labute approximate surface area is 164 Å². The lowest BCUT2D eigenvalue weighted by Crippen LogP contribution is -2.13. The van der Waals surface area contributed by atoms with Gasteiger partial charge in [-0.05, 0) is 54.3 Å². The molecule has 1 aliphatic rings. The summed E-state index contributed by atoms with van der Waals surface area (Å²) >= 11 is 8.95. The van der Waals surface area contributed by atoms with E-state index in [1.54, 1.807) is 12.1 Å². The fourth-order valence-corrected chi connectivity index (χ4v) is 4.81. The molecule has 26 heavy (non-hydrogen) atoms. The Bertz CT molecular complexity index is 1040. The van der Waals surface area contributed by atoms with Gasteiger partial charge in [-0.1, -0.05) is 35.5 Å². The predicted molar refractivity (Wildman–Crippen MR) is 109 cm³/mol. The third-order valence-corrected chi connectivity index (χ3v) is 6.27. The highest BCUT2D eigenvalue weighted by atomic mass is 35.5. The van der Waals surface area contributed by atoms with Gasteiger partial charge in [-0.3, -0.25) is 4.79 Å². The number of carbonyl (C=O) groups is 1. The first-order valence-corrected chi connectivity index (χ1v) is 9.97. The van der Waals surface area contributed by atoms with Crippen molar-refractivity contribution in [2.45, 2.75) is 11.8 Å². The maximum Gasteiger partial charge on any atom is 0.211 e. The Kier molecular flexibility index (Phi) is 4.53. The fraction of sp³-hybridized carbons (Fsp3) is 0.0500. The molecule has 2 aromatic carbocycles. The van der Waals surface area contributed by atoms with Gasteiger partial charge in [-0.2, -0.15) is 0 Å². The molecular formula is C20H14ClNO2S2. The summed E-state index contributed by atoms with van der Waals surface area (Å²) in [6.07, 6.45) is 0. The predicted octanol–water partition coefficient (Wildman–Crippen LogP) is 6.18. The first-order valence-electron chi connectivity index (χ1n) is 7.90. The molecule has 3 nitrogen and oxygen atoms in total. The Hall–Kier alpha value is -2.21. The van der Waals surface area contributed by atoms with Gasteiger partial charge < -0.3 is 10.4 Å². The number of hydrogen-bond acceptors (Lipinski definition) is 5. The number of allylic oxidation sites excluding steroid dienone is 1. The molecule has 4 rings (SSSR count). The number of ketones is 1. The Morgan fingerprint density at radius 1 is 1.15 bits per heavy atom. The normalized spacial score (nSPS) is 13.3. The molecule has 3 aromatic rings. The van der Waals surface area contributed by atoms with Crippen LogP contribution < -0.4 is 5.32 Å². The van der Waals surface area contributed by atoms with Crippen LogP contribution in [0.3, 0.4) is 0 Å². The number of aromatic hydroxyl groups is 1. The number of thiophene rings is 1. The van der Waals surface area contributed by atoms with Crippen molar-refractivity contribution in [1.29, 1.82) is 0 Å². The number of halogens is 1. The number of benzene rings is 2. The Balaban J connectivity index is 1.90. The number of thioether (sulfide) groups is 1. The Morgan fingerprint density at radius 2 is 2.00 bits per heavy atom. The van der Waals surface area contributed by atoms with Crippen LogP contribution in [0.1, 0.15) is 20.8 Å². The first-order chi connectivity index (χ1) is 12.5. The number of phenols is 1. The van der Waals surface area contributed by atoms with Gasteiger partial charge in [0.25, 0.3) is 0 Å². The van der Waals surface area contributed by atoms with E-state index in [-0.39, 0.29) is 11.5 Å². The summed E-state index contributed by atoms with van der Waals surface area (Å²) in [7, 11) is 0. The molecule has 0 atom stereocenters. The number of aryl methyl sites for hydroxylation is 1. The van der Waals surface area contributed by atoms with E-state index < -0.39 is 0 Å². The van der Waals surface area contributed by atoms with Crippen molar-refractivity contribution in [2.75, 3.05) is 5.32 Å². The molecule has 1 aromatic heterocycles. The minimum absolute atomic E-state index is 0.0703. The van der Waals surface area contributed by atoms with E-state index in [2.05, 4.69) is 5.32 Å². The summed E-state index contributed by atoms with van der Waals surface area (Å²) in [5, 5.41) is 16.1. The standard InChI is InChI=1S/C20H14ClNO2S2/c1-11-4-6-14-17(9-11)26-20(19(24)16-3-2-8-25-16)18(22-14)13-10-12(21)5-7-15(13)23/h2-10,22-23H,1H3. The lowest BCUT2D eigenvalue weighted by atomic mass is 10.1. The van der Waals surface area contributed by atoms with E-state index in [1.165, 1.54) is 29.2 Å². The molecule has 0 unspecified atom stereocenters. The second-order valence-electron chi connectivity index (χ2n) is 5.90. The van der Waals surface area contributed by atoms with E-state index >= 15 is 0 Å². The van der Waals surface area contributed by atoms with Crippen LogP contribution in [0.15, 0.2) is 63.7 Å². The highest BCUT2D eigenvalue weighted by Crippen LogP contribution is 2.46. The van der Waals surface area contributed by atoms with E-state index in [0.717, 1.165) is 16.1 Å². The fourth-order valence-electron chi connectivity index (χ4n) is 2.75. The van der Waals surface area contributed by atoms with E-state index in [0.29, 0.717) is 26.1 Å². The van der Waals surface area contributed by atoms with E-state index in [4.69, 9.17) is 11.6 Å². The maximum atomic E-state index is 13.1. The molecule has 1 aliphatic heterocycles. The monoisotopic (exact) mass is 399 g/mol. The number of hydrogen-bond donors (Lipinski definition) is 2. The third-order valence-electron chi connectivity index (χ3n) is 4.01. The van der Waals surface area contributed by atoms with Crippen LogP contribution in [0.4, 0.5) is 5.69 Å². The molecule has 0 spiro atoms. The second-order valence-corrected chi connectivity index (χ2v) is 8.34. The molecule has 6 heteroatoms. The van der Waals surface area contributed by atoms with Crippen LogP contribution in [0.2, 0.25) is 5.02 Å². The lowest BCUT2D eigenvalue weighted by Gasteiger charge is -2.24. The van der Waals surface area contributed by atoms with Gasteiger partial charge in [0.15, 0.2) is 0 Å². The van der Waals surface area contributed by atoms with Crippen molar-refractivity contribution in [1.82, 2.24) is 0 Å². The number of rotatable bonds is 3. The van der Waals surface area contributed by atoms with Crippen LogP contribution in [0.25, 0.3) is 5.70 Å². The zero-order chi connectivity index (χ0) is 18.3. The van der Waals surface area contributed by atoms with Gasteiger partial charge in [0.2, 0.25) is 5.78 Å². The zero-order valence-corrected chi connectivity index (χ0v) is 16.1. The summed E-state index contributed by atoms with van der Waals surface area (Å²) < 4.78 is 0. The van der Waals surface area contributed by atoms with E-state index in [9.17, 15) is 9.90 Å². The number of anilines is 1. The maximum absolute atomic E-state index is 13.1. The second kappa shape index (κ2) is 6.83. The summed E-state index contributed by atoms with van der Waals surface area (Å²) in [5.41, 5.74) is 3.11. The van der Waals surface area contributed by atoms with Crippen molar-refractivity contribution in [2.24, 2.45) is 0 Å². The first kappa shape index (κ1) is 17.2. The van der Waals surface area contributed by atoms with Crippen LogP contribution in [0.5, 0.6) is 5.75 Å². The molecule has 0 aliphatic carbocycles. The summed E-state index contributed by atoms with van der Waals surface area (Å²) in [4.78, 5) is 15.3. The quantitative estimate of drug-likeness (QED) is 0.516. The topological polar surface area (TPSA) is 49.3 Å². The smallest absolute Gasteiger partial charge is 0.211 e. The zero-order valence-electron chi connectivity index (χ0n) is 13.7. The molecule has 0 saturated heterocycles. The van der Waals surface area contributed by atoms with Crippen molar-refractivity contribution < 1.29 is 9.90 Å². The van der Waals surface area contributed by atoms with Crippen LogP contribution in [0, 0.1) is 6.92 Å². The van der Waals surface area contributed by atoms with Gasteiger partial charge in [0, 0.05) is 15.5 Å². The summed E-state index contributed by atoms with van der Waals surface area (Å²) in [6.45, 7) is 2.02. The van der Waals surface area contributed by atoms with Crippen LogP contribution in [-0.2, 0) is 0 Å². The molecule has 0 saturated carbocycles. The van der Waals surface area contributed by atoms with Gasteiger partial charge >= 0.3 is 0 Å². The summed E-state index contributed by atoms with van der Waals surface area (Å²) in [6, 6.07) is 14.5. The molecule has 0 amide bonds. The van der Waals surface area contributed by atoms with Crippen LogP contribution in [-0.4, -0.2) is 10.9 Å². The average Bonchev–Trinajstić information content (AvgIpc) is 3.17. The molecule has 0 radical (unpaired) electrons. The molecular weight excluding hydrogens is 386 g/mol. The highest BCUT2D eigenvalue weighted by Gasteiger charge is 2.27. The molecule has 0 bridgehead atoms. The molecule has 2 N–H and O–H groups in total. The van der Waals surface area contributed by atoms with Crippen molar-refractivity contribution in [3.63, 3.8) is 0 Å². The number of Topliss-reactive ketones (excluding diaryl/α,β-unsaturated/α-hetero) is 1. The Morgan fingerprint density at radius 3 is 2.77 bits per heavy atom.